The first-order valence-corrected chi connectivity index (χ1v) is 5.32. The van der Waals surface area contributed by atoms with Crippen LogP contribution in [0.1, 0.15) is 11.4 Å². The van der Waals surface area contributed by atoms with E-state index < -0.39 is 0 Å². The Morgan fingerprint density at radius 3 is 2.82 bits per heavy atom. The molecule has 0 amide bonds. The number of methoxy groups -OCH3 is 1. The van der Waals surface area contributed by atoms with Crippen LogP contribution in [-0.2, 0) is 6.61 Å². The molecule has 0 fully saturated rings. The van der Waals surface area contributed by atoms with Gasteiger partial charge in [-0.15, -0.1) is 0 Å². The second-order valence-electron chi connectivity index (χ2n) is 3.72. The zero-order chi connectivity index (χ0) is 12.3. The van der Waals surface area contributed by atoms with Crippen molar-refractivity contribution in [2.45, 2.75) is 13.5 Å². The maximum absolute atomic E-state index is 9.03. The molecule has 0 aliphatic rings. The molecule has 2 aromatic rings. The Hall–Kier alpha value is -1.94. The van der Waals surface area contributed by atoms with Crippen molar-refractivity contribution in [2.75, 3.05) is 7.11 Å². The van der Waals surface area contributed by atoms with Crippen LogP contribution in [0.15, 0.2) is 30.5 Å². The Labute approximate surface area is 99.9 Å². The smallest absolute Gasteiger partial charge is 0.154 e. The molecule has 0 saturated carbocycles. The number of benzene rings is 1. The molecule has 0 atom stereocenters. The van der Waals surface area contributed by atoms with Crippen molar-refractivity contribution in [3.63, 3.8) is 0 Å². The van der Waals surface area contributed by atoms with Gasteiger partial charge in [0.25, 0.3) is 0 Å². The highest BCUT2D eigenvalue weighted by molar-refractivity contribution is 5.67. The number of aryl methyl sites for hydroxylation is 1. The predicted molar refractivity (Wildman–Crippen MR) is 64.7 cm³/mol. The summed E-state index contributed by atoms with van der Waals surface area (Å²) in [5.41, 5.74) is 2.79. The minimum Gasteiger partial charge on any atom is -0.496 e. The minimum absolute atomic E-state index is 0.165. The van der Waals surface area contributed by atoms with Crippen LogP contribution in [-0.4, -0.2) is 22.2 Å². The van der Waals surface area contributed by atoms with Gasteiger partial charge in [0.1, 0.15) is 12.4 Å². The lowest BCUT2D eigenvalue weighted by molar-refractivity contribution is 0.271. The van der Waals surface area contributed by atoms with Gasteiger partial charge in [0.2, 0.25) is 0 Å². The molecule has 1 N–H and O–H groups in total. The second kappa shape index (κ2) is 4.93. The molecule has 1 aromatic carbocycles. The SMILES string of the molecule is COc1ccc(C)cc1-c1ccnc(CO)n1. The van der Waals surface area contributed by atoms with Gasteiger partial charge in [-0.3, -0.25) is 0 Å². The van der Waals surface area contributed by atoms with Crippen molar-refractivity contribution in [1.82, 2.24) is 9.97 Å². The lowest BCUT2D eigenvalue weighted by Crippen LogP contribution is -1.97. The van der Waals surface area contributed by atoms with Crippen molar-refractivity contribution in [1.29, 1.82) is 0 Å². The molecule has 4 heteroatoms. The average molecular weight is 230 g/mol. The van der Waals surface area contributed by atoms with Crippen molar-refractivity contribution < 1.29 is 9.84 Å². The van der Waals surface area contributed by atoms with E-state index in [1.165, 1.54) is 0 Å². The fraction of sp³-hybridized carbons (Fsp3) is 0.231. The number of rotatable bonds is 3. The molecular weight excluding hydrogens is 216 g/mol. The number of nitrogens with zero attached hydrogens (tertiary/aromatic N) is 2. The highest BCUT2D eigenvalue weighted by atomic mass is 16.5. The van der Waals surface area contributed by atoms with E-state index in [1.54, 1.807) is 19.4 Å². The summed E-state index contributed by atoms with van der Waals surface area (Å²) in [5.74, 6) is 1.17. The maximum Gasteiger partial charge on any atom is 0.154 e. The summed E-state index contributed by atoms with van der Waals surface area (Å²) in [5, 5.41) is 9.03. The van der Waals surface area contributed by atoms with Crippen LogP contribution in [0.4, 0.5) is 0 Å². The minimum atomic E-state index is -0.165. The van der Waals surface area contributed by atoms with Crippen LogP contribution in [0.5, 0.6) is 5.75 Å². The number of aromatic nitrogens is 2. The van der Waals surface area contributed by atoms with E-state index in [0.29, 0.717) is 5.82 Å². The van der Waals surface area contributed by atoms with Crippen LogP contribution in [0.3, 0.4) is 0 Å². The number of aliphatic hydroxyl groups is 1. The topological polar surface area (TPSA) is 55.2 Å². The van der Waals surface area contributed by atoms with Crippen molar-refractivity contribution in [2.24, 2.45) is 0 Å². The van der Waals surface area contributed by atoms with Gasteiger partial charge in [0.15, 0.2) is 5.82 Å². The molecule has 4 nitrogen and oxygen atoms in total. The molecule has 0 spiro atoms. The largest absolute Gasteiger partial charge is 0.496 e. The Morgan fingerprint density at radius 1 is 1.29 bits per heavy atom. The van der Waals surface area contributed by atoms with E-state index in [2.05, 4.69) is 9.97 Å². The second-order valence-corrected chi connectivity index (χ2v) is 3.72. The van der Waals surface area contributed by atoms with Gasteiger partial charge in [-0.1, -0.05) is 11.6 Å². The van der Waals surface area contributed by atoms with Crippen LogP contribution in [0.25, 0.3) is 11.3 Å². The van der Waals surface area contributed by atoms with Gasteiger partial charge in [-0.25, -0.2) is 9.97 Å². The van der Waals surface area contributed by atoms with Crippen molar-refractivity contribution in [3.05, 3.63) is 41.9 Å². The van der Waals surface area contributed by atoms with Gasteiger partial charge in [0, 0.05) is 11.8 Å². The Kier molecular flexibility index (Phi) is 3.35. The van der Waals surface area contributed by atoms with Gasteiger partial charge < -0.3 is 9.84 Å². The van der Waals surface area contributed by atoms with Crippen molar-refractivity contribution >= 4 is 0 Å². The summed E-state index contributed by atoms with van der Waals surface area (Å²) in [6.45, 7) is 1.85. The van der Waals surface area contributed by atoms with E-state index >= 15 is 0 Å². The van der Waals surface area contributed by atoms with Crippen LogP contribution < -0.4 is 4.74 Å². The molecule has 0 unspecified atom stereocenters. The third kappa shape index (κ3) is 2.42. The molecule has 2 rings (SSSR count). The zero-order valence-corrected chi connectivity index (χ0v) is 9.84. The van der Waals surface area contributed by atoms with E-state index in [1.807, 2.05) is 25.1 Å². The van der Waals surface area contributed by atoms with Gasteiger partial charge >= 0.3 is 0 Å². The highest BCUT2D eigenvalue weighted by Crippen LogP contribution is 2.29. The Bertz CT molecular complexity index is 527. The lowest BCUT2D eigenvalue weighted by Gasteiger charge is -2.09. The number of ether oxygens (including phenoxy) is 1. The summed E-state index contributed by atoms with van der Waals surface area (Å²) < 4.78 is 5.31. The molecule has 0 radical (unpaired) electrons. The first kappa shape index (κ1) is 11.5. The quantitative estimate of drug-likeness (QED) is 0.875. The van der Waals surface area contributed by atoms with Gasteiger partial charge in [-0.2, -0.15) is 0 Å². The first-order valence-electron chi connectivity index (χ1n) is 5.32. The molecule has 88 valence electrons. The Morgan fingerprint density at radius 2 is 2.12 bits per heavy atom. The molecular formula is C13H14N2O2. The third-order valence-electron chi connectivity index (χ3n) is 2.48. The lowest BCUT2D eigenvalue weighted by atomic mass is 10.1. The van der Waals surface area contributed by atoms with Crippen LogP contribution >= 0.6 is 0 Å². The molecule has 17 heavy (non-hydrogen) atoms. The van der Waals surface area contributed by atoms with Gasteiger partial charge in [-0.05, 0) is 25.1 Å². The molecule has 0 bridgehead atoms. The summed E-state index contributed by atoms with van der Waals surface area (Å²) in [6, 6.07) is 7.70. The third-order valence-corrected chi connectivity index (χ3v) is 2.48. The van der Waals surface area contributed by atoms with E-state index in [0.717, 1.165) is 22.6 Å². The highest BCUT2D eigenvalue weighted by Gasteiger charge is 2.08. The standard InChI is InChI=1S/C13H14N2O2/c1-9-3-4-12(17-2)10(7-9)11-5-6-14-13(8-16)15-11/h3-7,16H,8H2,1-2H3. The predicted octanol–water partition coefficient (Wildman–Crippen LogP) is 1.95. The molecule has 1 aromatic heterocycles. The van der Waals surface area contributed by atoms with E-state index in [9.17, 15) is 0 Å². The first-order chi connectivity index (χ1) is 8.24. The molecule has 1 heterocycles. The molecule has 0 saturated heterocycles. The molecule has 0 aliphatic carbocycles. The van der Waals surface area contributed by atoms with Crippen LogP contribution in [0, 0.1) is 6.92 Å². The van der Waals surface area contributed by atoms with Crippen molar-refractivity contribution in [3.8, 4) is 17.0 Å². The fourth-order valence-electron chi connectivity index (χ4n) is 1.65. The Balaban J connectivity index is 2.54. The summed E-state index contributed by atoms with van der Waals surface area (Å²) in [7, 11) is 1.63. The van der Waals surface area contributed by atoms with E-state index in [-0.39, 0.29) is 6.61 Å². The monoisotopic (exact) mass is 230 g/mol. The number of hydrogen-bond donors (Lipinski definition) is 1. The average Bonchev–Trinajstić information content (AvgIpc) is 2.39. The fourth-order valence-corrected chi connectivity index (χ4v) is 1.65. The van der Waals surface area contributed by atoms with Gasteiger partial charge in [0.05, 0.1) is 12.8 Å². The summed E-state index contributed by atoms with van der Waals surface area (Å²) in [6.07, 6.45) is 1.63. The zero-order valence-electron chi connectivity index (χ0n) is 9.84. The normalized spacial score (nSPS) is 10.3. The summed E-state index contributed by atoms with van der Waals surface area (Å²) in [4.78, 5) is 8.23. The summed E-state index contributed by atoms with van der Waals surface area (Å²) >= 11 is 0. The maximum atomic E-state index is 9.03. The van der Waals surface area contributed by atoms with E-state index in [4.69, 9.17) is 9.84 Å². The number of hydrogen-bond acceptors (Lipinski definition) is 4. The number of aliphatic hydroxyl groups excluding tert-OH is 1. The van der Waals surface area contributed by atoms with Crippen LogP contribution in [0.2, 0.25) is 0 Å². The molecule has 0 aliphatic heterocycles.